The number of ketones is 1. The average Bonchev–Trinajstić information content (AvgIpc) is 2.25. The van der Waals surface area contributed by atoms with Gasteiger partial charge in [0.25, 0.3) is 0 Å². The Balaban J connectivity index is 2.07. The third-order valence-corrected chi connectivity index (χ3v) is 2.45. The highest BCUT2D eigenvalue weighted by atomic mass is 16.5. The quantitative estimate of drug-likeness (QED) is 0.589. The van der Waals surface area contributed by atoms with Gasteiger partial charge in [-0.2, -0.15) is 0 Å². The molecule has 1 aliphatic rings. The molecule has 82 valence electrons. The lowest BCUT2D eigenvalue weighted by Crippen LogP contribution is -2.52. The van der Waals surface area contributed by atoms with Gasteiger partial charge < -0.3 is 15.4 Å². The fourth-order valence-corrected chi connectivity index (χ4v) is 1.60. The average molecular weight is 200 g/mol. The number of Topliss-reactive ketones (excluding diaryl/α,β-unsaturated/α-hetero) is 1. The molecule has 1 saturated heterocycles. The van der Waals surface area contributed by atoms with Crippen molar-refractivity contribution in [1.29, 1.82) is 0 Å². The van der Waals surface area contributed by atoms with Gasteiger partial charge in [0.2, 0.25) is 0 Å². The normalized spacial score (nSPS) is 22.2. The van der Waals surface area contributed by atoms with E-state index in [4.69, 9.17) is 4.74 Å². The van der Waals surface area contributed by atoms with Crippen molar-refractivity contribution in [3.05, 3.63) is 0 Å². The van der Waals surface area contributed by atoms with Crippen LogP contribution >= 0.6 is 0 Å². The van der Waals surface area contributed by atoms with E-state index in [-0.39, 0.29) is 6.04 Å². The van der Waals surface area contributed by atoms with E-state index in [1.165, 1.54) is 0 Å². The molecule has 1 heterocycles. The highest BCUT2D eigenvalue weighted by molar-refractivity contribution is 5.84. The van der Waals surface area contributed by atoms with Crippen LogP contribution in [0.1, 0.15) is 19.3 Å². The van der Waals surface area contributed by atoms with E-state index in [1.807, 2.05) is 0 Å². The molecule has 0 aromatic rings. The van der Waals surface area contributed by atoms with Crippen LogP contribution in [0, 0.1) is 0 Å². The van der Waals surface area contributed by atoms with E-state index in [2.05, 4.69) is 10.6 Å². The summed E-state index contributed by atoms with van der Waals surface area (Å²) in [6, 6.07) is 0.0336. The first-order valence-electron chi connectivity index (χ1n) is 5.30. The fourth-order valence-electron chi connectivity index (χ4n) is 1.60. The third kappa shape index (κ3) is 4.17. The van der Waals surface area contributed by atoms with E-state index in [1.54, 1.807) is 7.11 Å². The van der Waals surface area contributed by atoms with Crippen molar-refractivity contribution in [2.45, 2.75) is 25.3 Å². The van der Waals surface area contributed by atoms with Gasteiger partial charge in [0.1, 0.15) is 0 Å². The van der Waals surface area contributed by atoms with Crippen molar-refractivity contribution >= 4 is 5.78 Å². The Morgan fingerprint density at radius 1 is 1.43 bits per heavy atom. The van der Waals surface area contributed by atoms with Crippen LogP contribution in [0.5, 0.6) is 0 Å². The Morgan fingerprint density at radius 2 is 2.29 bits per heavy atom. The van der Waals surface area contributed by atoms with E-state index in [0.29, 0.717) is 12.2 Å². The summed E-state index contributed by atoms with van der Waals surface area (Å²) in [6.45, 7) is 3.40. The van der Waals surface area contributed by atoms with Crippen LogP contribution in [0.25, 0.3) is 0 Å². The smallest absolute Gasteiger partial charge is 0.151 e. The number of unbranched alkanes of at least 4 members (excludes halogenated alkanes) is 1. The number of ether oxygens (including phenoxy) is 1. The maximum atomic E-state index is 11.6. The van der Waals surface area contributed by atoms with Gasteiger partial charge >= 0.3 is 0 Å². The molecule has 0 spiro atoms. The maximum Gasteiger partial charge on any atom is 0.151 e. The summed E-state index contributed by atoms with van der Waals surface area (Å²) in [5.41, 5.74) is 0. The van der Waals surface area contributed by atoms with Crippen molar-refractivity contribution in [1.82, 2.24) is 10.6 Å². The summed E-state index contributed by atoms with van der Waals surface area (Å²) < 4.78 is 4.93. The maximum absolute atomic E-state index is 11.6. The first-order chi connectivity index (χ1) is 6.84. The first-order valence-corrected chi connectivity index (χ1v) is 5.30. The molecule has 1 rings (SSSR count). The second-order valence-corrected chi connectivity index (χ2v) is 3.63. The van der Waals surface area contributed by atoms with Crippen LogP contribution in [0.3, 0.4) is 0 Å². The Labute approximate surface area is 85.4 Å². The van der Waals surface area contributed by atoms with Gasteiger partial charge in [0.15, 0.2) is 5.78 Å². The number of carbonyl (C=O) groups is 1. The minimum atomic E-state index is 0.0336. The molecule has 0 aliphatic carbocycles. The van der Waals surface area contributed by atoms with E-state index >= 15 is 0 Å². The molecular formula is C10H20N2O2. The van der Waals surface area contributed by atoms with Crippen LogP contribution in [-0.2, 0) is 9.53 Å². The monoisotopic (exact) mass is 200 g/mol. The Morgan fingerprint density at radius 3 is 2.93 bits per heavy atom. The molecule has 0 radical (unpaired) electrons. The van der Waals surface area contributed by atoms with Crippen molar-refractivity contribution < 1.29 is 9.53 Å². The number of carbonyl (C=O) groups excluding carboxylic acids is 1. The molecule has 1 atom stereocenters. The van der Waals surface area contributed by atoms with Gasteiger partial charge in [-0.05, 0) is 12.8 Å². The van der Waals surface area contributed by atoms with Gasteiger partial charge in [-0.25, -0.2) is 0 Å². The number of piperazine rings is 1. The molecule has 0 aromatic heterocycles. The zero-order chi connectivity index (χ0) is 10.2. The van der Waals surface area contributed by atoms with E-state index in [0.717, 1.165) is 39.1 Å². The molecule has 14 heavy (non-hydrogen) atoms. The molecule has 1 aliphatic heterocycles. The summed E-state index contributed by atoms with van der Waals surface area (Å²) in [4.78, 5) is 11.6. The highest BCUT2D eigenvalue weighted by Crippen LogP contribution is 2.01. The van der Waals surface area contributed by atoms with Crippen LogP contribution in [-0.4, -0.2) is 45.2 Å². The summed E-state index contributed by atoms with van der Waals surface area (Å²) in [6.07, 6.45) is 2.58. The van der Waals surface area contributed by atoms with Crippen LogP contribution < -0.4 is 10.6 Å². The highest BCUT2D eigenvalue weighted by Gasteiger charge is 2.18. The molecule has 1 unspecified atom stereocenters. The lowest BCUT2D eigenvalue weighted by atomic mass is 10.1. The van der Waals surface area contributed by atoms with Crippen molar-refractivity contribution in [2.24, 2.45) is 0 Å². The number of hydrogen-bond acceptors (Lipinski definition) is 4. The topological polar surface area (TPSA) is 50.4 Å². The molecule has 1 fully saturated rings. The van der Waals surface area contributed by atoms with Gasteiger partial charge in [0.05, 0.1) is 6.04 Å². The van der Waals surface area contributed by atoms with E-state index in [9.17, 15) is 4.79 Å². The number of nitrogens with one attached hydrogen (secondary N) is 2. The van der Waals surface area contributed by atoms with Crippen LogP contribution in [0.2, 0.25) is 0 Å². The predicted molar refractivity (Wildman–Crippen MR) is 55.4 cm³/mol. The SMILES string of the molecule is COCCCCC(=O)C1CNCCN1. The summed E-state index contributed by atoms with van der Waals surface area (Å²) in [7, 11) is 1.69. The Hall–Kier alpha value is -0.450. The summed E-state index contributed by atoms with van der Waals surface area (Å²) >= 11 is 0. The molecule has 4 nitrogen and oxygen atoms in total. The van der Waals surface area contributed by atoms with Gasteiger partial charge in [0, 0.05) is 39.8 Å². The predicted octanol–water partition coefficient (Wildman–Crippen LogP) is -0.0664. The lowest BCUT2D eigenvalue weighted by Gasteiger charge is -2.23. The number of hydrogen-bond donors (Lipinski definition) is 2. The Kier molecular flexibility index (Phi) is 5.75. The minimum absolute atomic E-state index is 0.0336. The van der Waals surface area contributed by atoms with E-state index < -0.39 is 0 Å². The third-order valence-electron chi connectivity index (χ3n) is 2.45. The first kappa shape index (κ1) is 11.6. The van der Waals surface area contributed by atoms with Crippen LogP contribution in [0.4, 0.5) is 0 Å². The number of rotatable bonds is 6. The minimum Gasteiger partial charge on any atom is -0.385 e. The van der Waals surface area contributed by atoms with Gasteiger partial charge in [-0.15, -0.1) is 0 Å². The molecule has 0 aromatic carbocycles. The fraction of sp³-hybridized carbons (Fsp3) is 0.900. The van der Waals surface area contributed by atoms with Crippen molar-refractivity contribution in [3.8, 4) is 0 Å². The second kappa shape index (κ2) is 6.92. The van der Waals surface area contributed by atoms with Crippen molar-refractivity contribution in [2.75, 3.05) is 33.4 Å². The Bertz CT molecular complexity index is 168. The molecule has 0 saturated carbocycles. The van der Waals surface area contributed by atoms with Crippen LogP contribution in [0.15, 0.2) is 0 Å². The zero-order valence-corrected chi connectivity index (χ0v) is 8.84. The molecule has 2 N–H and O–H groups in total. The van der Waals surface area contributed by atoms with Crippen molar-refractivity contribution in [3.63, 3.8) is 0 Å². The number of methoxy groups -OCH3 is 1. The molecule has 0 amide bonds. The van der Waals surface area contributed by atoms with Gasteiger partial charge in [-0.1, -0.05) is 0 Å². The second-order valence-electron chi connectivity index (χ2n) is 3.63. The molecule has 0 bridgehead atoms. The molecule has 4 heteroatoms. The van der Waals surface area contributed by atoms with Gasteiger partial charge in [-0.3, -0.25) is 4.79 Å². The summed E-state index contributed by atoms with van der Waals surface area (Å²) in [5.74, 6) is 0.327. The summed E-state index contributed by atoms with van der Waals surface area (Å²) in [5, 5.41) is 6.43. The zero-order valence-electron chi connectivity index (χ0n) is 8.84. The largest absolute Gasteiger partial charge is 0.385 e. The molecular weight excluding hydrogens is 180 g/mol. The standard InChI is InChI=1S/C10H20N2O2/c1-14-7-3-2-4-10(13)9-8-11-5-6-12-9/h9,11-12H,2-8H2,1H3. The lowest BCUT2D eigenvalue weighted by molar-refractivity contribution is -0.121.